The van der Waals surface area contributed by atoms with Crippen molar-refractivity contribution in [2.75, 3.05) is 6.54 Å². The van der Waals surface area contributed by atoms with Crippen molar-refractivity contribution < 1.29 is 22.8 Å². The van der Waals surface area contributed by atoms with Crippen molar-refractivity contribution in [2.45, 2.75) is 31.5 Å². The number of carbonyl (C=O) groups is 2. The van der Waals surface area contributed by atoms with Crippen LogP contribution in [-0.2, 0) is 11.0 Å². The van der Waals surface area contributed by atoms with E-state index in [1.807, 2.05) is 0 Å². The van der Waals surface area contributed by atoms with Crippen molar-refractivity contribution in [1.29, 1.82) is 0 Å². The molecule has 1 aliphatic rings. The lowest BCUT2D eigenvalue weighted by Crippen LogP contribution is -2.35. The van der Waals surface area contributed by atoms with Crippen LogP contribution < -0.4 is 10.6 Å². The van der Waals surface area contributed by atoms with Crippen molar-refractivity contribution in [3.63, 3.8) is 0 Å². The van der Waals surface area contributed by atoms with Crippen LogP contribution in [0.1, 0.15) is 34.3 Å². The van der Waals surface area contributed by atoms with Crippen LogP contribution in [-0.4, -0.2) is 34.4 Å². The number of carbonyl (C=O) groups excluding carboxylic acids is 2. The molecule has 0 aliphatic carbocycles. The number of hydrogen-bond acceptors (Lipinski definition) is 5. The van der Waals surface area contributed by atoms with Crippen LogP contribution in [0.25, 0.3) is 0 Å². The molecule has 3 rings (SSSR count). The standard InChI is InChI=1S/C16H15F3N4O2S/c1-8-22-12(7-26-8)10(4-13(24)11-6-21-15(25)23-11)9-2-3-14(20-5-9)16(17,18)19/h2-3,5,7,10-11H,4,6H2,1H3,(H2,21,23,25)/t10?,11-/m0/s1. The Balaban J connectivity index is 1.86. The smallest absolute Gasteiger partial charge is 0.336 e. The van der Waals surface area contributed by atoms with Crippen molar-refractivity contribution in [2.24, 2.45) is 0 Å². The number of nitrogens with zero attached hydrogens (tertiary/aromatic N) is 2. The van der Waals surface area contributed by atoms with Gasteiger partial charge in [0.15, 0.2) is 5.78 Å². The number of Topliss-reactive ketones (excluding diaryl/α,β-unsaturated/α-hetero) is 1. The molecule has 26 heavy (non-hydrogen) atoms. The fraction of sp³-hybridized carbons (Fsp3) is 0.375. The van der Waals surface area contributed by atoms with E-state index in [1.165, 1.54) is 17.4 Å². The Morgan fingerprint density at radius 1 is 1.42 bits per heavy atom. The van der Waals surface area contributed by atoms with Crippen LogP contribution in [0, 0.1) is 6.92 Å². The minimum Gasteiger partial charge on any atom is -0.336 e. The number of hydrogen-bond donors (Lipinski definition) is 2. The summed E-state index contributed by atoms with van der Waals surface area (Å²) >= 11 is 1.39. The summed E-state index contributed by atoms with van der Waals surface area (Å²) in [5.74, 6) is -0.751. The fourth-order valence-corrected chi connectivity index (χ4v) is 3.37. The Labute approximate surface area is 150 Å². The highest BCUT2D eigenvalue weighted by Gasteiger charge is 2.33. The van der Waals surface area contributed by atoms with Crippen LogP contribution in [0.2, 0.25) is 0 Å². The largest absolute Gasteiger partial charge is 0.433 e. The molecule has 0 spiro atoms. The zero-order valence-corrected chi connectivity index (χ0v) is 14.4. The Morgan fingerprint density at radius 3 is 2.69 bits per heavy atom. The highest BCUT2D eigenvalue weighted by atomic mass is 32.1. The van der Waals surface area contributed by atoms with Crippen molar-refractivity contribution in [1.82, 2.24) is 20.6 Å². The van der Waals surface area contributed by atoms with Gasteiger partial charge in [-0.1, -0.05) is 6.07 Å². The summed E-state index contributed by atoms with van der Waals surface area (Å²) in [5, 5.41) is 7.58. The van der Waals surface area contributed by atoms with Gasteiger partial charge >= 0.3 is 12.2 Å². The molecule has 10 heteroatoms. The van der Waals surface area contributed by atoms with Crippen LogP contribution in [0.5, 0.6) is 0 Å². The van der Waals surface area contributed by atoms with Crippen molar-refractivity contribution in [3.8, 4) is 0 Å². The second-order valence-corrected chi connectivity index (χ2v) is 6.96. The first-order valence-corrected chi connectivity index (χ1v) is 8.64. The van der Waals surface area contributed by atoms with Crippen LogP contribution in [0.4, 0.5) is 18.0 Å². The quantitative estimate of drug-likeness (QED) is 0.830. The topological polar surface area (TPSA) is 84.0 Å². The second kappa shape index (κ2) is 7.02. The summed E-state index contributed by atoms with van der Waals surface area (Å²) in [7, 11) is 0. The number of halogens is 3. The van der Waals surface area contributed by atoms with E-state index in [1.54, 1.807) is 12.3 Å². The minimum atomic E-state index is -4.53. The Morgan fingerprint density at radius 2 is 2.19 bits per heavy atom. The van der Waals surface area contributed by atoms with E-state index >= 15 is 0 Å². The first-order valence-electron chi connectivity index (χ1n) is 7.76. The summed E-state index contributed by atoms with van der Waals surface area (Å²) in [4.78, 5) is 31.6. The maximum absolute atomic E-state index is 12.7. The molecule has 2 amide bonds. The van der Waals surface area contributed by atoms with Gasteiger partial charge in [-0.15, -0.1) is 11.3 Å². The van der Waals surface area contributed by atoms with Gasteiger partial charge in [-0.2, -0.15) is 13.2 Å². The number of aromatic nitrogens is 2. The van der Waals surface area contributed by atoms with E-state index in [2.05, 4.69) is 20.6 Å². The number of thiazole rings is 1. The van der Waals surface area contributed by atoms with Crippen LogP contribution >= 0.6 is 11.3 Å². The van der Waals surface area contributed by atoms with Gasteiger partial charge in [0, 0.05) is 30.5 Å². The molecular formula is C16H15F3N4O2S. The summed E-state index contributed by atoms with van der Waals surface area (Å²) in [6.45, 7) is 1.99. The lowest BCUT2D eigenvalue weighted by Gasteiger charge is -2.17. The van der Waals surface area contributed by atoms with Crippen LogP contribution in [0.15, 0.2) is 23.7 Å². The Bertz CT molecular complexity index is 820. The van der Waals surface area contributed by atoms with E-state index < -0.39 is 29.9 Å². The van der Waals surface area contributed by atoms with Gasteiger partial charge in [0.2, 0.25) is 0 Å². The molecule has 1 saturated heterocycles. The number of pyridine rings is 1. The molecule has 1 fully saturated rings. The molecule has 0 bridgehead atoms. The number of urea groups is 1. The van der Waals surface area contributed by atoms with Gasteiger partial charge < -0.3 is 10.6 Å². The van der Waals surface area contributed by atoms with Crippen molar-refractivity contribution >= 4 is 23.2 Å². The van der Waals surface area contributed by atoms with Gasteiger partial charge in [0.05, 0.1) is 10.7 Å². The number of aryl methyl sites for hydroxylation is 1. The third-order valence-electron chi connectivity index (χ3n) is 4.04. The molecule has 1 unspecified atom stereocenters. The summed E-state index contributed by atoms with van der Waals surface area (Å²) < 4.78 is 38.2. The third-order valence-corrected chi connectivity index (χ3v) is 4.83. The average Bonchev–Trinajstić information content (AvgIpc) is 3.20. The maximum atomic E-state index is 12.7. The first-order chi connectivity index (χ1) is 12.2. The zero-order chi connectivity index (χ0) is 18.9. The highest BCUT2D eigenvalue weighted by Crippen LogP contribution is 2.32. The van der Waals surface area contributed by atoms with E-state index in [0.29, 0.717) is 11.3 Å². The van der Waals surface area contributed by atoms with Gasteiger partial charge in [-0.05, 0) is 18.6 Å². The monoisotopic (exact) mass is 384 g/mol. The molecule has 6 nitrogen and oxygen atoms in total. The first kappa shape index (κ1) is 18.3. The second-order valence-electron chi connectivity index (χ2n) is 5.90. The number of amides is 2. The lowest BCUT2D eigenvalue weighted by molar-refractivity contribution is -0.141. The molecule has 2 aromatic rings. The number of nitrogens with one attached hydrogen (secondary N) is 2. The van der Waals surface area contributed by atoms with Crippen LogP contribution in [0.3, 0.4) is 0 Å². The molecule has 0 radical (unpaired) electrons. The van der Waals surface area contributed by atoms with Gasteiger partial charge in [0.1, 0.15) is 11.7 Å². The molecule has 0 saturated carbocycles. The molecule has 0 aromatic carbocycles. The summed E-state index contributed by atoms with van der Waals surface area (Å²) in [6, 6.07) is 1.13. The zero-order valence-electron chi connectivity index (χ0n) is 13.6. The third kappa shape index (κ3) is 4.01. The average molecular weight is 384 g/mol. The molecular weight excluding hydrogens is 369 g/mol. The number of alkyl halides is 3. The molecule has 138 valence electrons. The molecule has 2 N–H and O–H groups in total. The summed E-state index contributed by atoms with van der Waals surface area (Å²) in [5.41, 5.74) is 0.0710. The van der Waals surface area contributed by atoms with E-state index in [4.69, 9.17) is 0 Å². The van der Waals surface area contributed by atoms with Crippen molar-refractivity contribution in [3.05, 3.63) is 45.7 Å². The lowest BCUT2D eigenvalue weighted by atomic mass is 9.90. The predicted molar refractivity (Wildman–Crippen MR) is 87.9 cm³/mol. The van der Waals surface area contributed by atoms with E-state index in [9.17, 15) is 22.8 Å². The minimum absolute atomic E-state index is 0.00282. The molecule has 3 heterocycles. The SMILES string of the molecule is Cc1nc(C(CC(=O)[C@@H]2CNC(=O)N2)c2ccc(C(F)(F)F)nc2)cs1. The highest BCUT2D eigenvalue weighted by molar-refractivity contribution is 7.09. The predicted octanol–water partition coefficient (Wildman–Crippen LogP) is 2.64. The van der Waals surface area contributed by atoms with E-state index in [0.717, 1.165) is 17.3 Å². The fourth-order valence-electron chi connectivity index (χ4n) is 2.71. The maximum Gasteiger partial charge on any atom is 0.433 e. The normalized spacial score (nSPS) is 18.3. The number of ketones is 1. The van der Waals surface area contributed by atoms with Gasteiger partial charge in [0.25, 0.3) is 0 Å². The molecule has 2 atom stereocenters. The van der Waals surface area contributed by atoms with Gasteiger partial charge in [-0.25, -0.2) is 9.78 Å². The summed E-state index contributed by atoms with van der Waals surface area (Å²) in [6.07, 6.45) is -3.40. The van der Waals surface area contributed by atoms with E-state index in [-0.39, 0.29) is 18.7 Å². The molecule has 2 aromatic heterocycles. The number of rotatable bonds is 5. The molecule has 1 aliphatic heterocycles. The Kier molecular flexibility index (Phi) is 4.94. The van der Waals surface area contributed by atoms with Gasteiger partial charge in [-0.3, -0.25) is 9.78 Å². The Hall–Kier alpha value is -2.49.